The summed E-state index contributed by atoms with van der Waals surface area (Å²) in [6.45, 7) is 3.15. The lowest BCUT2D eigenvalue weighted by atomic mass is 9.85. The number of rotatable bonds is 5. The summed E-state index contributed by atoms with van der Waals surface area (Å²) in [6.07, 6.45) is 1.43. The van der Waals surface area contributed by atoms with Crippen molar-refractivity contribution in [3.05, 3.63) is 58.3 Å². The van der Waals surface area contributed by atoms with Crippen LogP contribution in [0, 0.1) is 5.82 Å². The fraction of sp³-hybridized carbons (Fsp3) is 0.364. The Bertz CT molecular complexity index is 976. The van der Waals surface area contributed by atoms with Crippen LogP contribution in [0.4, 0.5) is 15.8 Å². The van der Waals surface area contributed by atoms with Crippen molar-refractivity contribution in [1.29, 1.82) is 0 Å². The molecule has 0 unspecified atom stereocenters. The number of nitrogens with one attached hydrogen (secondary N) is 2. The number of carbonyl (C=O) groups excluding carboxylic acids is 2. The normalized spacial score (nSPS) is 18.3. The van der Waals surface area contributed by atoms with Gasteiger partial charge in [0.15, 0.2) is 0 Å². The van der Waals surface area contributed by atoms with E-state index in [9.17, 15) is 14.0 Å². The van der Waals surface area contributed by atoms with Crippen LogP contribution >= 0.6 is 15.9 Å². The van der Waals surface area contributed by atoms with E-state index in [-0.39, 0.29) is 23.1 Å². The van der Waals surface area contributed by atoms with Gasteiger partial charge >= 0.3 is 0 Å². The Kier molecular flexibility index (Phi) is 6.15. The standard InChI is InChI=1S/C22H25BrFN5O2/c23-15-1-4-17(5-2-15)29-14-27-21(31)22(29)7-10-28(11-8-22)12-9-26-20(30)18-6-3-16(24)13-19(18)25/h1-6,13H,7-12,14,25H2,(H,26,30)(H,27,31). The van der Waals surface area contributed by atoms with Crippen molar-refractivity contribution in [2.45, 2.75) is 18.4 Å². The number of hydrogen-bond acceptors (Lipinski definition) is 5. The molecule has 2 saturated heterocycles. The molecule has 1 spiro atoms. The summed E-state index contributed by atoms with van der Waals surface area (Å²) in [5, 5.41) is 5.84. The first-order valence-corrected chi connectivity index (χ1v) is 11.1. The lowest BCUT2D eigenvalue weighted by Crippen LogP contribution is -2.57. The van der Waals surface area contributed by atoms with Crippen LogP contribution in [0.5, 0.6) is 0 Å². The van der Waals surface area contributed by atoms with Gasteiger partial charge in [-0.15, -0.1) is 0 Å². The Hall–Kier alpha value is -2.65. The molecule has 7 nitrogen and oxygen atoms in total. The first-order valence-electron chi connectivity index (χ1n) is 10.3. The maximum absolute atomic E-state index is 13.2. The second-order valence-electron chi connectivity index (χ2n) is 7.93. The predicted octanol–water partition coefficient (Wildman–Crippen LogP) is 2.33. The van der Waals surface area contributed by atoms with Gasteiger partial charge in [-0.3, -0.25) is 9.59 Å². The summed E-state index contributed by atoms with van der Waals surface area (Å²) in [5.41, 5.74) is 6.62. The zero-order valence-electron chi connectivity index (χ0n) is 17.0. The van der Waals surface area contributed by atoms with Crippen LogP contribution in [0.25, 0.3) is 0 Å². The Balaban J connectivity index is 1.32. The minimum Gasteiger partial charge on any atom is -0.398 e. The molecule has 4 N–H and O–H groups in total. The number of nitrogens with zero attached hydrogens (tertiary/aromatic N) is 2. The summed E-state index contributed by atoms with van der Waals surface area (Å²) in [7, 11) is 0. The number of halogens is 2. The smallest absolute Gasteiger partial charge is 0.253 e. The van der Waals surface area contributed by atoms with Gasteiger partial charge in [0.1, 0.15) is 11.4 Å². The van der Waals surface area contributed by atoms with Crippen LogP contribution in [0.2, 0.25) is 0 Å². The monoisotopic (exact) mass is 489 g/mol. The molecular weight excluding hydrogens is 465 g/mol. The number of piperidine rings is 1. The lowest BCUT2D eigenvalue weighted by Gasteiger charge is -2.43. The van der Waals surface area contributed by atoms with E-state index in [1.165, 1.54) is 12.1 Å². The van der Waals surface area contributed by atoms with E-state index in [0.29, 0.717) is 32.6 Å². The number of carbonyl (C=O) groups is 2. The third kappa shape index (κ3) is 4.38. The predicted molar refractivity (Wildman–Crippen MR) is 121 cm³/mol. The Morgan fingerprint density at radius 2 is 1.90 bits per heavy atom. The Morgan fingerprint density at radius 3 is 2.58 bits per heavy atom. The van der Waals surface area contributed by atoms with Crippen LogP contribution < -0.4 is 21.3 Å². The van der Waals surface area contributed by atoms with Gasteiger partial charge in [-0.25, -0.2) is 4.39 Å². The maximum atomic E-state index is 13.2. The van der Waals surface area contributed by atoms with Crippen LogP contribution in [0.15, 0.2) is 46.9 Å². The molecule has 0 saturated carbocycles. The SMILES string of the molecule is Nc1cc(F)ccc1C(=O)NCCN1CCC2(CC1)C(=O)NCN2c1ccc(Br)cc1. The molecule has 0 aromatic heterocycles. The van der Waals surface area contributed by atoms with Crippen molar-refractivity contribution >= 4 is 39.1 Å². The molecule has 0 atom stereocenters. The van der Waals surface area contributed by atoms with Gasteiger partial charge in [-0.05, 0) is 55.3 Å². The maximum Gasteiger partial charge on any atom is 0.253 e. The molecule has 2 aliphatic rings. The number of nitrogen functional groups attached to an aromatic ring is 1. The molecule has 0 aliphatic carbocycles. The van der Waals surface area contributed by atoms with Crippen molar-refractivity contribution in [1.82, 2.24) is 15.5 Å². The van der Waals surface area contributed by atoms with Gasteiger partial charge in [-0.2, -0.15) is 0 Å². The van der Waals surface area contributed by atoms with Crippen LogP contribution in [-0.4, -0.2) is 55.1 Å². The summed E-state index contributed by atoms with van der Waals surface area (Å²) in [4.78, 5) is 29.4. The van der Waals surface area contributed by atoms with E-state index in [1.54, 1.807) is 0 Å². The molecule has 0 radical (unpaired) electrons. The van der Waals surface area contributed by atoms with E-state index >= 15 is 0 Å². The highest BCUT2D eigenvalue weighted by Crippen LogP contribution is 2.36. The number of likely N-dealkylation sites (tertiary alicyclic amines) is 1. The quantitative estimate of drug-likeness (QED) is 0.560. The van der Waals surface area contributed by atoms with Crippen LogP contribution in [0.3, 0.4) is 0 Å². The molecule has 31 heavy (non-hydrogen) atoms. The number of hydrogen-bond donors (Lipinski definition) is 3. The number of nitrogens with two attached hydrogens (primary N) is 1. The largest absolute Gasteiger partial charge is 0.398 e. The molecule has 2 aromatic carbocycles. The number of anilines is 2. The van der Waals surface area contributed by atoms with Gasteiger partial charge < -0.3 is 26.2 Å². The molecule has 0 bridgehead atoms. The van der Waals surface area contributed by atoms with Gasteiger partial charge in [0.25, 0.3) is 5.91 Å². The molecule has 2 amide bonds. The van der Waals surface area contributed by atoms with E-state index < -0.39 is 11.4 Å². The van der Waals surface area contributed by atoms with E-state index in [1.807, 2.05) is 24.3 Å². The molecule has 4 rings (SSSR count). The first kappa shape index (κ1) is 21.6. The second kappa shape index (κ2) is 8.84. The summed E-state index contributed by atoms with van der Waals surface area (Å²) in [5.74, 6) is -0.706. The number of benzene rings is 2. The van der Waals surface area contributed by atoms with E-state index in [2.05, 4.69) is 36.4 Å². The molecule has 2 aromatic rings. The highest BCUT2D eigenvalue weighted by Gasteiger charge is 2.50. The van der Waals surface area contributed by atoms with Crippen LogP contribution in [0.1, 0.15) is 23.2 Å². The highest BCUT2D eigenvalue weighted by atomic mass is 79.9. The van der Waals surface area contributed by atoms with Crippen LogP contribution in [-0.2, 0) is 4.79 Å². The third-order valence-electron chi connectivity index (χ3n) is 6.13. The molecule has 9 heteroatoms. The van der Waals surface area contributed by atoms with Crippen molar-refractivity contribution in [3.8, 4) is 0 Å². The summed E-state index contributed by atoms with van der Waals surface area (Å²) < 4.78 is 14.2. The average molecular weight is 490 g/mol. The van der Waals surface area contributed by atoms with Gasteiger partial charge in [-0.1, -0.05) is 15.9 Å². The molecule has 164 valence electrons. The lowest BCUT2D eigenvalue weighted by molar-refractivity contribution is -0.125. The van der Waals surface area contributed by atoms with E-state index in [4.69, 9.17) is 5.73 Å². The third-order valence-corrected chi connectivity index (χ3v) is 6.66. The fourth-order valence-electron chi connectivity index (χ4n) is 4.36. The fourth-order valence-corrected chi connectivity index (χ4v) is 4.62. The minimum atomic E-state index is -0.532. The molecule has 2 heterocycles. The van der Waals surface area contributed by atoms with Crippen molar-refractivity contribution in [3.63, 3.8) is 0 Å². The van der Waals surface area contributed by atoms with Gasteiger partial charge in [0.05, 0.1) is 12.2 Å². The summed E-state index contributed by atoms with van der Waals surface area (Å²) in [6, 6.07) is 11.8. The zero-order chi connectivity index (χ0) is 22.0. The second-order valence-corrected chi connectivity index (χ2v) is 8.84. The highest BCUT2D eigenvalue weighted by molar-refractivity contribution is 9.10. The van der Waals surface area contributed by atoms with Crippen molar-refractivity contribution in [2.75, 3.05) is 43.5 Å². The molecule has 2 aliphatic heterocycles. The minimum absolute atomic E-state index is 0.0788. The summed E-state index contributed by atoms with van der Waals surface area (Å²) >= 11 is 3.46. The Labute approximate surface area is 188 Å². The topological polar surface area (TPSA) is 90.7 Å². The van der Waals surface area contributed by atoms with Crippen molar-refractivity contribution < 1.29 is 14.0 Å². The van der Waals surface area contributed by atoms with E-state index in [0.717, 1.165) is 29.3 Å². The van der Waals surface area contributed by atoms with Gasteiger partial charge in [0, 0.05) is 42.0 Å². The Morgan fingerprint density at radius 1 is 1.19 bits per heavy atom. The van der Waals surface area contributed by atoms with Crippen molar-refractivity contribution in [2.24, 2.45) is 0 Å². The molecule has 2 fully saturated rings. The molecular formula is C22H25BrFN5O2. The zero-order valence-corrected chi connectivity index (χ0v) is 18.6. The first-order chi connectivity index (χ1) is 14.9. The average Bonchev–Trinajstić information content (AvgIpc) is 3.06. The number of amides is 2. The van der Waals surface area contributed by atoms with Gasteiger partial charge in [0.2, 0.25) is 5.91 Å².